The van der Waals surface area contributed by atoms with Crippen molar-refractivity contribution in [3.05, 3.63) is 65.3 Å². The molecule has 110 valence electrons. The Labute approximate surface area is 126 Å². The number of anilines is 1. The molecule has 0 saturated carbocycles. The molecule has 0 aliphatic rings. The van der Waals surface area contributed by atoms with E-state index in [1.54, 1.807) is 42.6 Å². The molecular weight excluding hydrogens is 280 g/mol. The molecule has 6 heteroatoms. The van der Waals surface area contributed by atoms with Crippen molar-refractivity contribution in [2.24, 2.45) is 0 Å². The van der Waals surface area contributed by atoms with Gasteiger partial charge in [0.1, 0.15) is 5.82 Å². The first-order chi connectivity index (χ1) is 10.7. The van der Waals surface area contributed by atoms with Crippen LogP contribution in [0, 0.1) is 0 Å². The van der Waals surface area contributed by atoms with Gasteiger partial charge < -0.3 is 5.32 Å². The Balaban J connectivity index is 1.70. The minimum absolute atomic E-state index is 0.142. The topological polar surface area (TPSA) is 76.9 Å². The average Bonchev–Trinajstić information content (AvgIpc) is 2.55. The van der Waals surface area contributed by atoms with Gasteiger partial charge in [0, 0.05) is 19.2 Å². The maximum absolute atomic E-state index is 12.3. The number of carbonyl (C=O) groups is 1. The van der Waals surface area contributed by atoms with Crippen LogP contribution in [-0.2, 0) is 11.3 Å². The van der Waals surface area contributed by atoms with E-state index in [-0.39, 0.29) is 24.4 Å². The van der Waals surface area contributed by atoms with Crippen molar-refractivity contribution >= 4 is 22.6 Å². The van der Waals surface area contributed by atoms with Gasteiger partial charge in [-0.2, -0.15) is 0 Å². The summed E-state index contributed by atoms with van der Waals surface area (Å²) >= 11 is 0. The van der Waals surface area contributed by atoms with Gasteiger partial charge in [0.15, 0.2) is 0 Å². The van der Waals surface area contributed by atoms with Crippen LogP contribution in [0.25, 0.3) is 10.9 Å². The summed E-state index contributed by atoms with van der Waals surface area (Å²) in [6.07, 6.45) is 3.25. The zero-order valence-electron chi connectivity index (χ0n) is 11.8. The molecule has 1 N–H and O–H groups in total. The number of para-hydroxylation sites is 1. The molecule has 1 aromatic carbocycles. The summed E-state index contributed by atoms with van der Waals surface area (Å²) in [7, 11) is 0. The zero-order valence-corrected chi connectivity index (χ0v) is 11.8. The number of benzene rings is 1. The highest BCUT2D eigenvalue weighted by molar-refractivity contribution is 5.89. The third-order valence-corrected chi connectivity index (χ3v) is 3.24. The third-order valence-electron chi connectivity index (χ3n) is 3.24. The normalized spacial score (nSPS) is 10.5. The molecule has 0 saturated heterocycles. The second-order valence-electron chi connectivity index (χ2n) is 4.77. The fourth-order valence-electron chi connectivity index (χ4n) is 2.13. The van der Waals surface area contributed by atoms with E-state index < -0.39 is 0 Å². The van der Waals surface area contributed by atoms with Gasteiger partial charge in [-0.15, -0.1) is 0 Å². The number of pyridine rings is 1. The van der Waals surface area contributed by atoms with Crippen molar-refractivity contribution in [1.29, 1.82) is 0 Å². The molecular formula is C16H14N4O2. The second-order valence-corrected chi connectivity index (χ2v) is 4.77. The lowest BCUT2D eigenvalue weighted by molar-refractivity contribution is -0.116. The molecule has 0 radical (unpaired) electrons. The number of amides is 1. The van der Waals surface area contributed by atoms with E-state index in [4.69, 9.17) is 0 Å². The molecule has 0 spiro atoms. The van der Waals surface area contributed by atoms with Crippen molar-refractivity contribution in [3.63, 3.8) is 0 Å². The number of nitrogens with zero attached hydrogens (tertiary/aromatic N) is 3. The fourth-order valence-corrected chi connectivity index (χ4v) is 2.13. The molecule has 22 heavy (non-hydrogen) atoms. The van der Waals surface area contributed by atoms with Crippen molar-refractivity contribution < 1.29 is 4.79 Å². The Hall–Kier alpha value is -3.02. The van der Waals surface area contributed by atoms with E-state index in [2.05, 4.69) is 15.3 Å². The molecule has 0 aliphatic carbocycles. The standard InChI is InChI=1S/C16H14N4O2/c21-15(19-14-7-3-4-9-17-14)8-10-20-11-18-13-6-2-1-5-12(13)16(20)22/h1-7,9,11H,8,10H2,(H,17,19,21). The molecule has 0 bridgehead atoms. The SMILES string of the molecule is O=C(CCn1cnc2ccccc2c1=O)Nc1ccccn1. The predicted octanol–water partition coefficient (Wildman–Crippen LogP) is 1.82. The van der Waals surface area contributed by atoms with E-state index in [9.17, 15) is 9.59 Å². The summed E-state index contributed by atoms with van der Waals surface area (Å²) in [4.78, 5) is 32.4. The van der Waals surface area contributed by atoms with Crippen molar-refractivity contribution in [2.45, 2.75) is 13.0 Å². The number of fused-ring (bicyclic) bond motifs is 1. The summed E-state index contributed by atoms with van der Waals surface area (Å²) in [6.45, 7) is 0.273. The molecule has 2 aromatic heterocycles. The van der Waals surface area contributed by atoms with Crippen LogP contribution in [0.4, 0.5) is 5.82 Å². The first-order valence-corrected chi connectivity index (χ1v) is 6.89. The molecule has 3 aromatic rings. The maximum Gasteiger partial charge on any atom is 0.261 e. The maximum atomic E-state index is 12.3. The van der Waals surface area contributed by atoms with Crippen LogP contribution in [-0.4, -0.2) is 20.4 Å². The second kappa shape index (κ2) is 6.17. The van der Waals surface area contributed by atoms with Crippen LogP contribution >= 0.6 is 0 Å². The van der Waals surface area contributed by atoms with Gasteiger partial charge in [0.25, 0.3) is 5.56 Å². The van der Waals surface area contributed by atoms with Gasteiger partial charge in [-0.25, -0.2) is 9.97 Å². The lowest BCUT2D eigenvalue weighted by atomic mass is 10.2. The molecule has 2 heterocycles. The first-order valence-electron chi connectivity index (χ1n) is 6.89. The van der Waals surface area contributed by atoms with Crippen LogP contribution in [0.5, 0.6) is 0 Å². The Kier molecular flexibility index (Phi) is 3.91. The fraction of sp³-hybridized carbons (Fsp3) is 0.125. The Morgan fingerprint density at radius 3 is 2.73 bits per heavy atom. The van der Waals surface area contributed by atoms with Crippen LogP contribution in [0.2, 0.25) is 0 Å². The minimum atomic E-state index is -0.196. The van der Waals surface area contributed by atoms with Gasteiger partial charge in [-0.3, -0.25) is 14.2 Å². The van der Waals surface area contributed by atoms with Crippen LogP contribution < -0.4 is 10.9 Å². The highest BCUT2D eigenvalue weighted by atomic mass is 16.2. The quantitative estimate of drug-likeness (QED) is 0.796. The van der Waals surface area contributed by atoms with Gasteiger partial charge in [0.2, 0.25) is 5.91 Å². The number of aryl methyl sites for hydroxylation is 1. The Morgan fingerprint density at radius 1 is 1.09 bits per heavy atom. The molecule has 0 fully saturated rings. The number of carbonyl (C=O) groups excluding carboxylic acids is 1. The number of nitrogens with one attached hydrogen (secondary N) is 1. The van der Waals surface area contributed by atoms with Crippen LogP contribution in [0.1, 0.15) is 6.42 Å². The average molecular weight is 294 g/mol. The smallest absolute Gasteiger partial charge is 0.261 e. The molecule has 6 nitrogen and oxygen atoms in total. The molecule has 0 atom stereocenters. The highest BCUT2D eigenvalue weighted by Gasteiger charge is 2.07. The number of hydrogen-bond acceptors (Lipinski definition) is 4. The summed E-state index contributed by atoms with van der Waals surface area (Å²) < 4.78 is 1.44. The largest absolute Gasteiger partial charge is 0.311 e. The van der Waals surface area contributed by atoms with E-state index in [0.29, 0.717) is 16.7 Å². The first kappa shape index (κ1) is 13.9. The lowest BCUT2D eigenvalue weighted by Gasteiger charge is -2.07. The van der Waals surface area contributed by atoms with E-state index in [0.717, 1.165) is 0 Å². The lowest BCUT2D eigenvalue weighted by Crippen LogP contribution is -2.23. The number of hydrogen-bond donors (Lipinski definition) is 1. The van der Waals surface area contributed by atoms with Crippen LogP contribution in [0.15, 0.2) is 59.8 Å². The molecule has 3 rings (SSSR count). The number of aromatic nitrogens is 3. The van der Waals surface area contributed by atoms with Crippen molar-refractivity contribution in [1.82, 2.24) is 14.5 Å². The van der Waals surface area contributed by atoms with Crippen LogP contribution in [0.3, 0.4) is 0 Å². The monoisotopic (exact) mass is 294 g/mol. The predicted molar refractivity (Wildman–Crippen MR) is 83.5 cm³/mol. The third kappa shape index (κ3) is 3.01. The van der Waals surface area contributed by atoms with Gasteiger partial charge in [-0.1, -0.05) is 18.2 Å². The minimum Gasteiger partial charge on any atom is -0.311 e. The number of rotatable bonds is 4. The molecule has 0 aliphatic heterocycles. The van der Waals surface area contributed by atoms with E-state index in [1.165, 1.54) is 10.9 Å². The van der Waals surface area contributed by atoms with Crippen molar-refractivity contribution in [2.75, 3.05) is 5.32 Å². The van der Waals surface area contributed by atoms with Gasteiger partial charge in [-0.05, 0) is 24.3 Å². The highest BCUT2D eigenvalue weighted by Crippen LogP contribution is 2.05. The molecule has 0 unspecified atom stereocenters. The van der Waals surface area contributed by atoms with Crippen molar-refractivity contribution in [3.8, 4) is 0 Å². The summed E-state index contributed by atoms with van der Waals surface area (Å²) in [5.74, 6) is 0.301. The van der Waals surface area contributed by atoms with Gasteiger partial charge >= 0.3 is 0 Å². The Bertz CT molecular complexity index is 859. The van der Waals surface area contributed by atoms with Gasteiger partial charge in [0.05, 0.1) is 17.2 Å². The Morgan fingerprint density at radius 2 is 1.91 bits per heavy atom. The van der Waals surface area contributed by atoms with E-state index in [1.807, 2.05) is 6.07 Å². The summed E-state index contributed by atoms with van der Waals surface area (Å²) in [5.41, 5.74) is 0.512. The summed E-state index contributed by atoms with van der Waals surface area (Å²) in [6, 6.07) is 12.4. The van der Waals surface area contributed by atoms with E-state index >= 15 is 0 Å². The zero-order chi connectivity index (χ0) is 15.4. The molecule has 1 amide bonds. The summed E-state index contributed by atoms with van der Waals surface area (Å²) in [5, 5.41) is 3.23.